The highest BCUT2D eigenvalue weighted by Crippen LogP contribution is 2.61. The summed E-state index contributed by atoms with van der Waals surface area (Å²) in [5.41, 5.74) is 4.89. The summed E-state index contributed by atoms with van der Waals surface area (Å²) in [4.78, 5) is 9.26. The summed E-state index contributed by atoms with van der Waals surface area (Å²) in [6.45, 7) is 16.9. The summed E-state index contributed by atoms with van der Waals surface area (Å²) < 4.78 is 60.5. The van der Waals surface area contributed by atoms with Crippen molar-refractivity contribution in [2.45, 2.75) is 128 Å². The minimum absolute atomic E-state index is 0.0488. The number of rotatable bonds is 4. The lowest BCUT2D eigenvalue weighted by Gasteiger charge is -2.51. The number of pyridine rings is 2. The summed E-state index contributed by atoms with van der Waals surface area (Å²) in [6, 6.07) is 2.59. The van der Waals surface area contributed by atoms with Gasteiger partial charge in [-0.2, -0.15) is 13.2 Å². The lowest BCUT2D eigenvalue weighted by Crippen LogP contribution is -2.47. The molecule has 2 spiro atoms. The first-order valence-electron chi connectivity index (χ1n) is 15.6. The molecule has 9 heteroatoms. The molecule has 230 valence electrons. The molecule has 42 heavy (non-hydrogen) atoms. The van der Waals surface area contributed by atoms with E-state index in [0.29, 0.717) is 31.6 Å². The van der Waals surface area contributed by atoms with Crippen molar-refractivity contribution in [1.29, 1.82) is 0 Å². The van der Waals surface area contributed by atoms with Crippen LogP contribution in [0.4, 0.5) is 13.2 Å². The fourth-order valence-electron chi connectivity index (χ4n) is 7.35. The molecule has 1 saturated heterocycles. The number of aromatic nitrogens is 2. The van der Waals surface area contributed by atoms with Gasteiger partial charge in [0, 0.05) is 60.3 Å². The van der Waals surface area contributed by atoms with Crippen LogP contribution in [0.3, 0.4) is 0 Å². The third-order valence-corrected chi connectivity index (χ3v) is 15.3. The third-order valence-electron chi connectivity index (χ3n) is 10.8. The van der Waals surface area contributed by atoms with Crippen molar-refractivity contribution < 1.29 is 27.1 Å². The van der Waals surface area contributed by atoms with E-state index in [9.17, 15) is 13.2 Å². The van der Waals surface area contributed by atoms with Gasteiger partial charge in [0.05, 0.1) is 11.7 Å². The third kappa shape index (κ3) is 4.96. The van der Waals surface area contributed by atoms with E-state index in [0.717, 1.165) is 35.9 Å². The smallest absolute Gasteiger partial charge is 0.410 e. The highest BCUT2D eigenvalue weighted by molar-refractivity contribution is 6.74. The zero-order chi connectivity index (χ0) is 30.3. The Labute approximate surface area is 249 Å². The van der Waals surface area contributed by atoms with Crippen LogP contribution in [0.25, 0.3) is 0 Å². The molecule has 0 N–H and O–H groups in total. The number of fused-ring (bicyclic) bond motifs is 4. The number of ether oxygens (including phenoxy) is 2. The highest BCUT2D eigenvalue weighted by Gasteiger charge is 2.55. The van der Waals surface area contributed by atoms with E-state index in [4.69, 9.17) is 18.9 Å². The molecule has 0 bridgehead atoms. The Balaban J connectivity index is 1.58. The van der Waals surface area contributed by atoms with Crippen LogP contribution >= 0.6 is 0 Å². The average molecular weight is 603 g/mol. The second-order valence-electron chi connectivity index (χ2n) is 15.0. The molecular weight excluding hydrogens is 557 g/mol. The zero-order valence-electron chi connectivity index (χ0n) is 26.1. The van der Waals surface area contributed by atoms with Gasteiger partial charge in [0.15, 0.2) is 8.32 Å². The zero-order valence-corrected chi connectivity index (χ0v) is 27.1. The van der Waals surface area contributed by atoms with Crippen molar-refractivity contribution >= 4 is 8.32 Å². The van der Waals surface area contributed by atoms with Crippen molar-refractivity contribution in [2.75, 3.05) is 13.2 Å². The maximum atomic E-state index is 13.4. The molecule has 0 aromatic carbocycles. The lowest BCUT2D eigenvalue weighted by molar-refractivity contribution is -0.141. The molecule has 2 aromatic heterocycles. The van der Waals surface area contributed by atoms with Gasteiger partial charge in [-0.05, 0) is 66.8 Å². The first kappa shape index (κ1) is 30.2. The molecule has 1 saturated carbocycles. The van der Waals surface area contributed by atoms with Crippen LogP contribution in [-0.4, -0.2) is 31.5 Å². The predicted octanol–water partition coefficient (Wildman–Crippen LogP) is 8.92. The maximum absolute atomic E-state index is 13.4. The van der Waals surface area contributed by atoms with Crippen molar-refractivity contribution in [3.8, 4) is 0 Å². The van der Waals surface area contributed by atoms with E-state index in [2.05, 4.69) is 52.7 Å². The molecular formula is C33H45F3N2O3Si. The first-order valence-corrected chi connectivity index (χ1v) is 18.5. The summed E-state index contributed by atoms with van der Waals surface area (Å²) >= 11 is 0. The van der Waals surface area contributed by atoms with Crippen LogP contribution in [0, 0.1) is 5.41 Å². The highest BCUT2D eigenvalue weighted by atomic mass is 28.4. The molecule has 2 aliphatic heterocycles. The molecule has 2 aliphatic carbocycles. The molecule has 4 aliphatic rings. The van der Waals surface area contributed by atoms with Gasteiger partial charge in [-0.15, -0.1) is 0 Å². The van der Waals surface area contributed by atoms with Crippen molar-refractivity contribution in [3.63, 3.8) is 0 Å². The molecule has 2 aromatic rings. The van der Waals surface area contributed by atoms with Gasteiger partial charge in [0.1, 0.15) is 11.8 Å². The van der Waals surface area contributed by atoms with Gasteiger partial charge in [-0.1, -0.05) is 47.1 Å². The molecule has 0 unspecified atom stereocenters. The summed E-state index contributed by atoms with van der Waals surface area (Å²) in [7, 11) is -2.16. The largest absolute Gasteiger partial charge is 0.433 e. The monoisotopic (exact) mass is 602 g/mol. The summed E-state index contributed by atoms with van der Waals surface area (Å²) in [5.74, 6) is 0.117. The van der Waals surface area contributed by atoms with Gasteiger partial charge in [-0.3, -0.25) is 9.97 Å². The Kier molecular flexibility index (Phi) is 7.27. The summed E-state index contributed by atoms with van der Waals surface area (Å²) in [6.07, 6.45) is 3.19. The molecule has 6 rings (SSSR count). The van der Waals surface area contributed by atoms with E-state index < -0.39 is 31.9 Å². The van der Waals surface area contributed by atoms with Crippen LogP contribution in [0.2, 0.25) is 18.1 Å². The first-order chi connectivity index (χ1) is 19.6. The molecule has 2 atom stereocenters. The van der Waals surface area contributed by atoms with Crippen LogP contribution in [0.15, 0.2) is 18.3 Å². The van der Waals surface area contributed by atoms with Crippen molar-refractivity contribution in [2.24, 2.45) is 5.41 Å². The van der Waals surface area contributed by atoms with Gasteiger partial charge < -0.3 is 13.9 Å². The standard InChI is InChI=1S/C33H45F3N2O3Si/c1-20(2)28-26-27(25-22(38-28)17-31(11-8-12-31)18-23(25)41-42(6,7)30(3,4)5)32(13-15-39-16-14-32)40-29(26)21-9-10-24(37-19-21)33(34,35)36/h9-10,19-20,23,29H,8,11-18H2,1-7H3/t23-,29+/m0/s1. The fourth-order valence-corrected chi connectivity index (χ4v) is 8.62. The molecule has 4 heterocycles. The minimum atomic E-state index is -4.50. The van der Waals surface area contributed by atoms with Crippen molar-refractivity contribution in [3.05, 3.63) is 57.7 Å². The average Bonchev–Trinajstić information content (AvgIpc) is 3.20. The van der Waals surface area contributed by atoms with Crippen LogP contribution in [-0.2, 0) is 32.1 Å². The normalized spacial score (nSPS) is 25.0. The Bertz CT molecular complexity index is 1340. The van der Waals surface area contributed by atoms with Gasteiger partial charge in [-0.25, -0.2) is 0 Å². The topological polar surface area (TPSA) is 53.5 Å². The molecule has 0 radical (unpaired) electrons. The van der Waals surface area contributed by atoms with Crippen LogP contribution in [0.5, 0.6) is 0 Å². The van der Waals surface area contributed by atoms with Gasteiger partial charge >= 0.3 is 6.18 Å². The Hall–Kier alpha value is -1.81. The molecule has 5 nitrogen and oxygen atoms in total. The second kappa shape index (κ2) is 10.1. The predicted molar refractivity (Wildman–Crippen MR) is 158 cm³/mol. The quantitative estimate of drug-likeness (QED) is 0.327. The van der Waals surface area contributed by atoms with E-state index in [1.54, 1.807) is 0 Å². The molecule has 0 amide bonds. The lowest BCUT2D eigenvalue weighted by atomic mass is 9.58. The maximum Gasteiger partial charge on any atom is 0.433 e. The Morgan fingerprint density at radius 1 is 1.02 bits per heavy atom. The van der Waals surface area contributed by atoms with E-state index in [-0.39, 0.29) is 22.5 Å². The van der Waals surface area contributed by atoms with E-state index in [1.165, 1.54) is 42.7 Å². The Morgan fingerprint density at radius 2 is 1.71 bits per heavy atom. The van der Waals surface area contributed by atoms with E-state index in [1.807, 2.05) is 0 Å². The van der Waals surface area contributed by atoms with Crippen molar-refractivity contribution in [1.82, 2.24) is 9.97 Å². The van der Waals surface area contributed by atoms with E-state index >= 15 is 0 Å². The number of nitrogens with zero attached hydrogens (tertiary/aromatic N) is 2. The number of hydrogen-bond acceptors (Lipinski definition) is 5. The Morgan fingerprint density at radius 3 is 2.24 bits per heavy atom. The number of halogens is 3. The summed E-state index contributed by atoms with van der Waals surface area (Å²) in [5, 5.41) is 0.0488. The second-order valence-corrected chi connectivity index (χ2v) is 19.7. The van der Waals surface area contributed by atoms with Gasteiger partial charge in [0.25, 0.3) is 0 Å². The minimum Gasteiger partial charge on any atom is -0.410 e. The molecule has 2 fully saturated rings. The number of alkyl halides is 3. The fraction of sp³-hybridized carbons (Fsp3) is 0.697. The number of hydrogen-bond donors (Lipinski definition) is 0. The van der Waals surface area contributed by atoms with Crippen LogP contribution in [0.1, 0.15) is 131 Å². The van der Waals surface area contributed by atoms with Gasteiger partial charge in [0.2, 0.25) is 0 Å². The SMILES string of the molecule is CC(C)c1nc2c(c3c1[C@@H](c1ccc(C(F)(F)F)nc1)OC31CCOCC1)[C@@H](O[Si](C)(C)C(C)(C)C)CC1(CCC1)C2. The van der Waals surface area contributed by atoms with Crippen LogP contribution < -0.4 is 0 Å².